The number of hydrogen-bond acceptors (Lipinski definition) is 6. The number of esters is 1. The van der Waals surface area contributed by atoms with E-state index in [0.717, 1.165) is 13.2 Å². The third kappa shape index (κ3) is 3.68. The van der Waals surface area contributed by atoms with Crippen LogP contribution in [0.15, 0.2) is 23.1 Å². The molecule has 20 heavy (non-hydrogen) atoms. The van der Waals surface area contributed by atoms with Gasteiger partial charge in [0.1, 0.15) is 0 Å². The molecule has 2 N–H and O–H groups in total. The molecule has 0 unspecified atom stereocenters. The summed E-state index contributed by atoms with van der Waals surface area (Å²) in [4.78, 5) is 23.9. The number of carbonyl (C=O) groups is 2. The highest BCUT2D eigenvalue weighted by Crippen LogP contribution is 2.17. The summed E-state index contributed by atoms with van der Waals surface area (Å²) in [5.41, 5.74) is 2.33. The second kappa shape index (κ2) is 6.35. The minimum Gasteiger partial charge on any atom is -0.465 e. The summed E-state index contributed by atoms with van der Waals surface area (Å²) in [7, 11) is -1.75. The number of aryl methyl sites for hydroxylation is 1. The maximum Gasteiger partial charge on any atom is 0.422 e. The monoisotopic (exact) mass is 302 g/mol. The molecule has 0 spiro atoms. The summed E-state index contributed by atoms with van der Waals surface area (Å²) in [5.74, 6) is -0.664. The molecule has 0 radical (unpaired) electrons. The van der Waals surface area contributed by atoms with E-state index < -0.39 is 22.1 Å². The van der Waals surface area contributed by atoms with Crippen LogP contribution < -0.4 is 10.3 Å². The van der Waals surface area contributed by atoms with E-state index in [4.69, 9.17) is 0 Å². The SMILES string of the molecule is COC(=O)NNS(=O)(=O)c1cc(C(=O)OC)ccc1C. The fraction of sp³-hybridized carbons (Fsp3) is 0.273. The molecule has 8 nitrogen and oxygen atoms in total. The number of amides is 1. The number of nitrogens with one attached hydrogen (secondary N) is 2. The Morgan fingerprint density at radius 1 is 1.15 bits per heavy atom. The molecule has 1 aromatic rings. The molecule has 0 aliphatic rings. The number of hydrogen-bond donors (Lipinski definition) is 2. The fourth-order valence-electron chi connectivity index (χ4n) is 1.35. The van der Waals surface area contributed by atoms with Gasteiger partial charge in [-0.15, -0.1) is 4.83 Å². The summed E-state index contributed by atoms with van der Waals surface area (Å²) in [5, 5.41) is 0. The Bertz CT molecular complexity index is 626. The van der Waals surface area contributed by atoms with Crippen LogP contribution in [0.2, 0.25) is 0 Å². The quantitative estimate of drug-likeness (QED) is 0.612. The van der Waals surface area contributed by atoms with Crippen molar-refractivity contribution in [1.29, 1.82) is 0 Å². The Hall–Kier alpha value is -2.13. The van der Waals surface area contributed by atoms with Crippen LogP contribution in [0.1, 0.15) is 15.9 Å². The van der Waals surface area contributed by atoms with Crippen molar-refractivity contribution in [3.8, 4) is 0 Å². The van der Waals surface area contributed by atoms with E-state index >= 15 is 0 Å². The van der Waals surface area contributed by atoms with Crippen molar-refractivity contribution in [2.75, 3.05) is 14.2 Å². The predicted molar refractivity (Wildman–Crippen MR) is 68.4 cm³/mol. The number of hydrazine groups is 1. The average molecular weight is 302 g/mol. The maximum atomic E-state index is 12.0. The van der Waals surface area contributed by atoms with Gasteiger partial charge in [0, 0.05) is 0 Å². The van der Waals surface area contributed by atoms with Crippen LogP contribution in [-0.4, -0.2) is 34.7 Å². The molecule has 0 bridgehead atoms. The van der Waals surface area contributed by atoms with E-state index in [9.17, 15) is 18.0 Å². The molecule has 110 valence electrons. The minimum atomic E-state index is -4.03. The van der Waals surface area contributed by atoms with Gasteiger partial charge in [-0.25, -0.2) is 23.4 Å². The molecule has 1 aromatic carbocycles. The molecule has 0 atom stereocenters. The van der Waals surface area contributed by atoms with Gasteiger partial charge in [0.15, 0.2) is 0 Å². The fourth-order valence-corrected chi connectivity index (χ4v) is 2.45. The molecule has 9 heteroatoms. The highest BCUT2D eigenvalue weighted by Gasteiger charge is 2.20. The molecule has 0 fully saturated rings. The molecule has 1 rings (SSSR count). The highest BCUT2D eigenvalue weighted by atomic mass is 32.2. The molecule has 0 heterocycles. The van der Waals surface area contributed by atoms with Crippen molar-refractivity contribution in [2.45, 2.75) is 11.8 Å². The first kappa shape index (κ1) is 15.9. The van der Waals surface area contributed by atoms with E-state index in [2.05, 4.69) is 9.47 Å². The largest absolute Gasteiger partial charge is 0.465 e. The Kier molecular flexibility index (Phi) is 5.06. The molecular weight excluding hydrogens is 288 g/mol. The topological polar surface area (TPSA) is 111 Å². The molecule has 0 aromatic heterocycles. The number of ether oxygens (including phenoxy) is 2. The Morgan fingerprint density at radius 2 is 1.80 bits per heavy atom. The number of benzene rings is 1. The van der Waals surface area contributed by atoms with Crippen molar-refractivity contribution >= 4 is 22.1 Å². The van der Waals surface area contributed by atoms with Gasteiger partial charge in [0.05, 0.1) is 24.7 Å². The highest BCUT2D eigenvalue weighted by molar-refractivity contribution is 7.89. The lowest BCUT2D eigenvalue weighted by Gasteiger charge is -2.10. The molecule has 0 aliphatic carbocycles. The van der Waals surface area contributed by atoms with Crippen molar-refractivity contribution < 1.29 is 27.5 Å². The van der Waals surface area contributed by atoms with Crippen LogP contribution in [0, 0.1) is 6.92 Å². The van der Waals surface area contributed by atoms with Crippen molar-refractivity contribution in [2.24, 2.45) is 0 Å². The van der Waals surface area contributed by atoms with Crippen LogP contribution in [0.3, 0.4) is 0 Å². The number of carbonyl (C=O) groups excluding carboxylic acids is 2. The Morgan fingerprint density at radius 3 is 2.35 bits per heavy atom. The lowest BCUT2D eigenvalue weighted by Crippen LogP contribution is -2.41. The Balaban J connectivity index is 3.11. The van der Waals surface area contributed by atoms with Crippen molar-refractivity contribution in [3.63, 3.8) is 0 Å². The summed E-state index contributed by atoms with van der Waals surface area (Å²) < 4.78 is 32.8. The maximum absolute atomic E-state index is 12.0. The van der Waals surface area contributed by atoms with Crippen molar-refractivity contribution in [1.82, 2.24) is 10.3 Å². The second-order valence-corrected chi connectivity index (χ2v) is 5.34. The molecule has 0 saturated carbocycles. The van der Waals surface area contributed by atoms with Crippen LogP contribution in [0.5, 0.6) is 0 Å². The van der Waals surface area contributed by atoms with Gasteiger partial charge in [-0.2, -0.15) is 0 Å². The average Bonchev–Trinajstić information content (AvgIpc) is 2.44. The summed E-state index contributed by atoms with van der Waals surface area (Å²) >= 11 is 0. The van der Waals surface area contributed by atoms with Crippen LogP contribution in [-0.2, 0) is 19.5 Å². The minimum absolute atomic E-state index is 0.0801. The lowest BCUT2D eigenvalue weighted by atomic mass is 10.1. The van der Waals surface area contributed by atoms with Crippen LogP contribution in [0.4, 0.5) is 4.79 Å². The summed E-state index contributed by atoms with van der Waals surface area (Å²) in [6.07, 6.45) is -0.963. The van der Waals surface area contributed by atoms with E-state index in [0.29, 0.717) is 5.56 Å². The third-order valence-electron chi connectivity index (χ3n) is 2.37. The van der Waals surface area contributed by atoms with Gasteiger partial charge in [-0.3, -0.25) is 0 Å². The van der Waals surface area contributed by atoms with E-state index in [1.165, 1.54) is 19.2 Å². The second-order valence-electron chi connectivity index (χ2n) is 3.69. The van der Waals surface area contributed by atoms with Gasteiger partial charge in [-0.05, 0) is 24.6 Å². The summed E-state index contributed by atoms with van der Waals surface area (Å²) in [6.45, 7) is 1.55. The lowest BCUT2D eigenvalue weighted by molar-refractivity contribution is 0.0600. The van der Waals surface area contributed by atoms with Crippen LogP contribution in [0.25, 0.3) is 0 Å². The molecule has 1 amide bonds. The first-order valence-corrected chi connectivity index (χ1v) is 6.85. The van der Waals surface area contributed by atoms with Gasteiger partial charge in [0.2, 0.25) is 0 Å². The first-order valence-electron chi connectivity index (χ1n) is 5.36. The standard InChI is InChI=1S/C11H14N2O6S/c1-7-4-5-8(10(14)18-2)6-9(7)20(16,17)13-12-11(15)19-3/h4-6,13H,1-3H3,(H,12,15). The van der Waals surface area contributed by atoms with E-state index in [-0.39, 0.29) is 10.5 Å². The number of rotatable bonds is 4. The zero-order valence-electron chi connectivity index (χ0n) is 11.1. The van der Waals surface area contributed by atoms with Gasteiger partial charge in [-0.1, -0.05) is 6.07 Å². The summed E-state index contributed by atoms with van der Waals surface area (Å²) in [6, 6.07) is 4.05. The molecular formula is C11H14N2O6S. The zero-order valence-corrected chi connectivity index (χ0v) is 11.9. The predicted octanol–water partition coefficient (Wildman–Crippen LogP) is 0.331. The van der Waals surface area contributed by atoms with Gasteiger partial charge >= 0.3 is 12.1 Å². The van der Waals surface area contributed by atoms with E-state index in [1.807, 2.05) is 10.3 Å². The molecule has 0 saturated heterocycles. The number of methoxy groups -OCH3 is 2. The zero-order chi connectivity index (χ0) is 15.3. The van der Waals surface area contributed by atoms with Gasteiger partial charge < -0.3 is 9.47 Å². The normalized spacial score (nSPS) is 10.8. The first-order chi connectivity index (χ1) is 9.31. The Labute approximate surface area is 116 Å². The smallest absolute Gasteiger partial charge is 0.422 e. The van der Waals surface area contributed by atoms with E-state index in [1.54, 1.807) is 6.92 Å². The molecule has 0 aliphatic heterocycles. The van der Waals surface area contributed by atoms with Crippen LogP contribution >= 0.6 is 0 Å². The van der Waals surface area contributed by atoms with Crippen molar-refractivity contribution in [3.05, 3.63) is 29.3 Å². The number of sulfonamides is 1. The third-order valence-corrected chi connectivity index (χ3v) is 3.76. The van der Waals surface area contributed by atoms with Gasteiger partial charge in [0.25, 0.3) is 10.0 Å².